The summed E-state index contributed by atoms with van der Waals surface area (Å²) in [6.07, 6.45) is 1.43. The molecule has 0 spiro atoms. The summed E-state index contributed by atoms with van der Waals surface area (Å²) in [4.78, 5) is 33.3. The molecule has 1 aliphatic heterocycles. The summed E-state index contributed by atoms with van der Waals surface area (Å²) >= 11 is 1.16. The lowest BCUT2D eigenvalue weighted by Crippen LogP contribution is -2.30. The Morgan fingerprint density at radius 2 is 2.06 bits per heavy atom. The average molecular weight is 438 g/mol. The second-order valence-electron chi connectivity index (χ2n) is 6.92. The van der Waals surface area contributed by atoms with Crippen molar-refractivity contribution in [3.8, 4) is 0 Å². The lowest BCUT2D eigenvalue weighted by atomic mass is 10.0. The predicted octanol–water partition coefficient (Wildman–Crippen LogP) is 2.39. The molecule has 2 aromatic carbocycles. The number of hydrogen-bond donors (Lipinski definition) is 4. The number of nitrogens with one attached hydrogen (secondary N) is 2. The Kier molecular flexibility index (Phi) is 5.72. The smallest absolute Gasteiger partial charge is 0.273 e. The van der Waals surface area contributed by atoms with E-state index in [2.05, 4.69) is 20.6 Å². The first-order valence-corrected chi connectivity index (χ1v) is 10.2. The van der Waals surface area contributed by atoms with Gasteiger partial charge in [-0.3, -0.25) is 9.59 Å². The molecule has 3 aromatic rings. The van der Waals surface area contributed by atoms with Crippen molar-refractivity contribution in [2.75, 3.05) is 24.1 Å². The second kappa shape index (κ2) is 8.60. The third-order valence-electron chi connectivity index (χ3n) is 4.86. The van der Waals surface area contributed by atoms with Crippen LogP contribution in [-0.2, 0) is 0 Å². The molecule has 8 nitrogen and oxygen atoms in total. The van der Waals surface area contributed by atoms with Crippen LogP contribution >= 0.6 is 11.8 Å². The fourth-order valence-corrected chi connectivity index (χ4v) is 4.22. The van der Waals surface area contributed by atoms with Crippen molar-refractivity contribution in [2.45, 2.75) is 15.8 Å². The molecule has 6 N–H and O–H groups in total. The van der Waals surface area contributed by atoms with E-state index in [0.717, 1.165) is 23.0 Å². The number of benzene rings is 2. The maximum Gasteiger partial charge on any atom is 0.273 e. The van der Waals surface area contributed by atoms with Crippen LogP contribution in [-0.4, -0.2) is 34.9 Å². The number of hydrogen-bond acceptors (Lipinski definition) is 7. The monoisotopic (exact) mass is 438 g/mol. The van der Waals surface area contributed by atoms with Crippen LogP contribution in [0.5, 0.6) is 0 Å². The van der Waals surface area contributed by atoms with Crippen molar-refractivity contribution in [3.05, 3.63) is 71.3 Å². The van der Waals surface area contributed by atoms with Gasteiger partial charge in [0.1, 0.15) is 10.8 Å². The summed E-state index contributed by atoms with van der Waals surface area (Å²) < 4.78 is 13.6. The quantitative estimate of drug-likeness (QED) is 0.464. The van der Waals surface area contributed by atoms with Gasteiger partial charge in [-0.05, 0) is 35.9 Å². The highest BCUT2D eigenvalue weighted by atomic mass is 32.2. The van der Waals surface area contributed by atoms with Gasteiger partial charge in [0.2, 0.25) is 5.91 Å². The molecule has 158 valence electrons. The van der Waals surface area contributed by atoms with E-state index in [1.807, 2.05) is 0 Å². The highest BCUT2D eigenvalue weighted by Gasteiger charge is 2.24. The Hall–Kier alpha value is -3.66. The second-order valence-corrected chi connectivity index (χ2v) is 7.99. The van der Waals surface area contributed by atoms with Crippen molar-refractivity contribution in [1.82, 2.24) is 15.3 Å². The molecule has 0 aliphatic carbocycles. The van der Waals surface area contributed by atoms with Gasteiger partial charge in [-0.1, -0.05) is 23.9 Å². The zero-order valence-corrected chi connectivity index (χ0v) is 17.1. The fourth-order valence-electron chi connectivity index (χ4n) is 3.33. The fraction of sp³-hybridized carbons (Fsp3) is 0.143. The number of aromatic nitrogens is 2. The number of halogens is 1. The van der Waals surface area contributed by atoms with E-state index in [0.29, 0.717) is 22.0 Å². The summed E-state index contributed by atoms with van der Waals surface area (Å²) in [6, 6.07) is 11.4. The molecule has 0 saturated heterocycles. The van der Waals surface area contributed by atoms with Gasteiger partial charge in [0.05, 0.1) is 11.8 Å². The molecule has 1 aliphatic rings. The van der Waals surface area contributed by atoms with Gasteiger partial charge in [-0.15, -0.1) is 0 Å². The number of nitrogen functional groups attached to an aromatic ring is 1. The standard InChI is InChI=1S/C21H19FN6O2S/c22-12-5-6-15-14(7-12)11(8-25-15)9-27-21(30)18-19(23)26-10-17(28-18)31-16-4-2-1-3-13(16)20(24)29/h1-7,10-11,25H,8-9H2,(H2,23,26)(H2,24,29)(H,27,30). The minimum atomic E-state index is -0.564. The Bertz CT molecular complexity index is 1170. The maximum atomic E-state index is 13.6. The number of amides is 2. The molecule has 4 rings (SSSR count). The van der Waals surface area contributed by atoms with Crippen LogP contribution in [0.25, 0.3) is 0 Å². The number of carbonyl (C=O) groups is 2. The van der Waals surface area contributed by atoms with Gasteiger partial charge in [0.15, 0.2) is 11.5 Å². The van der Waals surface area contributed by atoms with Gasteiger partial charge in [-0.25, -0.2) is 14.4 Å². The maximum absolute atomic E-state index is 13.6. The summed E-state index contributed by atoms with van der Waals surface area (Å²) in [5.41, 5.74) is 13.3. The number of nitrogens with zero attached hydrogens (tertiary/aromatic N) is 2. The lowest BCUT2D eigenvalue weighted by Gasteiger charge is -2.13. The van der Waals surface area contributed by atoms with Crippen molar-refractivity contribution >= 4 is 35.1 Å². The SMILES string of the molecule is NC(=O)c1ccccc1Sc1cnc(N)c(C(=O)NCC2CNc3ccc(F)cc32)n1. The van der Waals surface area contributed by atoms with Gasteiger partial charge in [0.25, 0.3) is 5.91 Å². The normalized spacial score (nSPS) is 14.5. The van der Waals surface area contributed by atoms with Crippen LogP contribution in [0.2, 0.25) is 0 Å². The molecule has 1 unspecified atom stereocenters. The van der Waals surface area contributed by atoms with Crippen LogP contribution in [0.4, 0.5) is 15.9 Å². The summed E-state index contributed by atoms with van der Waals surface area (Å²) in [5.74, 6) is -1.47. The van der Waals surface area contributed by atoms with Gasteiger partial charge in [0, 0.05) is 29.6 Å². The number of fused-ring (bicyclic) bond motifs is 1. The molecule has 10 heteroatoms. The van der Waals surface area contributed by atoms with E-state index >= 15 is 0 Å². The van der Waals surface area contributed by atoms with Crippen LogP contribution in [0.1, 0.15) is 32.3 Å². The number of nitrogens with two attached hydrogens (primary N) is 2. The third-order valence-corrected chi connectivity index (χ3v) is 5.84. The van der Waals surface area contributed by atoms with Crippen molar-refractivity contribution in [1.29, 1.82) is 0 Å². The largest absolute Gasteiger partial charge is 0.384 e. The first kappa shape index (κ1) is 20.6. The first-order chi connectivity index (χ1) is 14.9. The zero-order valence-electron chi connectivity index (χ0n) is 16.3. The van der Waals surface area contributed by atoms with Crippen molar-refractivity contribution in [2.24, 2.45) is 5.73 Å². The number of rotatable bonds is 6. The molecule has 0 radical (unpaired) electrons. The molecular weight excluding hydrogens is 419 g/mol. The molecule has 2 heterocycles. The molecular formula is C21H19FN6O2S. The Morgan fingerprint density at radius 1 is 1.26 bits per heavy atom. The molecule has 0 bridgehead atoms. The molecule has 0 saturated carbocycles. The van der Waals surface area contributed by atoms with E-state index in [1.165, 1.54) is 18.3 Å². The molecule has 31 heavy (non-hydrogen) atoms. The van der Waals surface area contributed by atoms with Crippen molar-refractivity contribution in [3.63, 3.8) is 0 Å². The summed E-state index contributed by atoms with van der Waals surface area (Å²) in [5, 5.41) is 6.38. The van der Waals surface area contributed by atoms with Crippen LogP contribution in [0.3, 0.4) is 0 Å². The minimum absolute atomic E-state index is 0.0129. The highest BCUT2D eigenvalue weighted by Crippen LogP contribution is 2.32. The number of carbonyl (C=O) groups excluding carboxylic acids is 2. The first-order valence-electron chi connectivity index (χ1n) is 9.43. The average Bonchev–Trinajstić information content (AvgIpc) is 3.15. The van der Waals surface area contributed by atoms with E-state index in [9.17, 15) is 14.0 Å². The topological polar surface area (TPSA) is 136 Å². The van der Waals surface area contributed by atoms with E-state index in [1.54, 1.807) is 30.3 Å². The number of anilines is 2. The van der Waals surface area contributed by atoms with Gasteiger partial charge >= 0.3 is 0 Å². The van der Waals surface area contributed by atoms with E-state index < -0.39 is 11.8 Å². The zero-order chi connectivity index (χ0) is 22.0. The minimum Gasteiger partial charge on any atom is -0.384 e. The lowest BCUT2D eigenvalue weighted by molar-refractivity contribution is 0.0945. The van der Waals surface area contributed by atoms with Crippen LogP contribution < -0.4 is 22.1 Å². The van der Waals surface area contributed by atoms with E-state index in [-0.39, 0.29) is 29.8 Å². The Morgan fingerprint density at radius 3 is 2.87 bits per heavy atom. The van der Waals surface area contributed by atoms with Crippen LogP contribution in [0.15, 0.2) is 58.6 Å². The third kappa shape index (κ3) is 4.43. The Balaban J connectivity index is 1.49. The summed E-state index contributed by atoms with van der Waals surface area (Å²) in [6.45, 7) is 0.866. The van der Waals surface area contributed by atoms with Gasteiger partial charge in [-0.2, -0.15) is 0 Å². The van der Waals surface area contributed by atoms with Gasteiger partial charge < -0.3 is 22.1 Å². The summed E-state index contributed by atoms with van der Waals surface area (Å²) in [7, 11) is 0. The highest BCUT2D eigenvalue weighted by molar-refractivity contribution is 7.99. The molecule has 1 aromatic heterocycles. The Labute approximate surface area is 181 Å². The van der Waals surface area contributed by atoms with Crippen molar-refractivity contribution < 1.29 is 14.0 Å². The molecule has 2 amide bonds. The molecule has 1 atom stereocenters. The van der Waals surface area contributed by atoms with Crippen LogP contribution in [0, 0.1) is 5.82 Å². The number of primary amides is 1. The van der Waals surface area contributed by atoms with E-state index in [4.69, 9.17) is 11.5 Å². The molecule has 0 fully saturated rings. The predicted molar refractivity (Wildman–Crippen MR) is 115 cm³/mol.